The molecule has 0 atom stereocenters. The summed E-state index contributed by atoms with van der Waals surface area (Å²) in [6.07, 6.45) is 8.74. The lowest BCUT2D eigenvalue weighted by molar-refractivity contribution is 0.0662. The minimum atomic E-state index is 0.564. The first-order valence-electron chi connectivity index (χ1n) is 6.51. The molecule has 1 fully saturated rings. The maximum Gasteiger partial charge on any atom is 0.0563 e. The summed E-state index contributed by atoms with van der Waals surface area (Å²) >= 11 is 0. The van der Waals surface area contributed by atoms with Gasteiger partial charge in [0.25, 0.3) is 0 Å². The molecule has 1 aromatic rings. The van der Waals surface area contributed by atoms with Crippen LogP contribution in [-0.4, -0.2) is 23.0 Å². The number of hydrogen-bond donors (Lipinski definition) is 0. The predicted molar refractivity (Wildman–Crippen MR) is 66.7 cm³/mol. The first-order chi connectivity index (χ1) is 7.90. The van der Waals surface area contributed by atoms with Crippen LogP contribution >= 0.6 is 0 Å². The Morgan fingerprint density at radius 2 is 2.06 bits per heavy atom. The summed E-state index contributed by atoms with van der Waals surface area (Å²) in [6, 6.07) is 0.564. The van der Waals surface area contributed by atoms with Crippen molar-refractivity contribution in [2.45, 2.75) is 52.5 Å². The van der Waals surface area contributed by atoms with Crippen molar-refractivity contribution >= 4 is 0 Å². The highest BCUT2D eigenvalue weighted by Gasteiger charge is 2.15. The molecular weight excluding hydrogens is 200 g/mol. The summed E-state index contributed by atoms with van der Waals surface area (Å²) in [5.74, 6) is 0. The average Bonchev–Trinajstić information content (AvgIpc) is 2.82. The normalized spacial score (nSPS) is 16.7. The Hall–Kier alpha value is -0.830. The molecule has 0 radical (unpaired) electrons. The molecule has 1 aliphatic heterocycles. The fraction of sp³-hybridized carbons (Fsp3) is 0.769. The van der Waals surface area contributed by atoms with E-state index in [9.17, 15) is 0 Å². The van der Waals surface area contributed by atoms with Crippen LogP contribution in [0.3, 0.4) is 0 Å². The smallest absolute Gasteiger partial charge is 0.0563 e. The maximum atomic E-state index is 5.33. The van der Waals surface area contributed by atoms with Gasteiger partial charge in [-0.3, -0.25) is 4.68 Å². The molecule has 3 nitrogen and oxygen atoms in total. The lowest BCUT2D eigenvalue weighted by atomic mass is 10.1. The monoisotopic (exact) mass is 224 g/mol. The molecule has 0 amide bonds. The van der Waals surface area contributed by atoms with Crippen LogP contribution < -0.4 is 0 Å². The van der Waals surface area contributed by atoms with E-state index in [4.69, 9.17) is 4.74 Å². The van der Waals surface area contributed by atoms with Crippen LogP contribution in [-0.2, 0) is 11.2 Å². The molecule has 1 saturated heterocycles. The van der Waals surface area contributed by atoms with Crippen molar-refractivity contribution in [3.05, 3.63) is 18.0 Å². The molecule has 0 saturated carbocycles. The van der Waals surface area contributed by atoms with E-state index in [0.717, 1.165) is 32.5 Å². The number of rotatable bonds is 3. The summed E-state index contributed by atoms with van der Waals surface area (Å²) in [5.41, 5.74) is 1.36. The van der Waals surface area contributed by atoms with Crippen molar-refractivity contribution in [2.75, 3.05) is 13.2 Å². The van der Waals surface area contributed by atoms with Crippen LogP contribution in [0.2, 0.25) is 0 Å². The first-order valence-corrected chi connectivity index (χ1v) is 6.51. The fourth-order valence-corrected chi connectivity index (χ4v) is 1.94. The fourth-order valence-electron chi connectivity index (χ4n) is 1.94. The molecule has 0 unspecified atom stereocenters. The minimum Gasteiger partial charge on any atom is -0.381 e. The van der Waals surface area contributed by atoms with Crippen LogP contribution in [0, 0.1) is 0 Å². The van der Waals surface area contributed by atoms with Gasteiger partial charge < -0.3 is 4.74 Å². The largest absolute Gasteiger partial charge is 0.381 e. The molecule has 0 aromatic carbocycles. The van der Waals surface area contributed by atoms with Crippen molar-refractivity contribution in [2.24, 2.45) is 0 Å². The molecule has 16 heavy (non-hydrogen) atoms. The number of nitrogens with zero attached hydrogens (tertiary/aromatic N) is 2. The predicted octanol–water partition coefficient (Wildman–Crippen LogP) is 3.21. The zero-order chi connectivity index (χ0) is 11.8. The van der Waals surface area contributed by atoms with Crippen LogP contribution in [0.25, 0.3) is 0 Å². The Morgan fingerprint density at radius 3 is 2.69 bits per heavy atom. The van der Waals surface area contributed by atoms with Gasteiger partial charge in [0.15, 0.2) is 0 Å². The van der Waals surface area contributed by atoms with Gasteiger partial charge in [-0.15, -0.1) is 0 Å². The van der Waals surface area contributed by atoms with E-state index in [2.05, 4.69) is 22.9 Å². The lowest BCUT2D eigenvalue weighted by Crippen LogP contribution is -2.19. The van der Waals surface area contributed by atoms with E-state index in [0.29, 0.717) is 6.04 Å². The van der Waals surface area contributed by atoms with Crippen molar-refractivity contribution in [1.29, 1.82) is 0 Å². The van der Waals surface area contributed by atoms with Crippen molar-refractivity contribution in [1.82, 2.24) is 9.78 Å². The van der Waals surface area contributed by atoms with E-state index in [-0.39, 0.29) is 0 Å². The summed E-state index contributed by atoms with van der Waals surface area (Å²) in [7, 11) is 0. The highest BCUT2D eigenvalue weighted by molar-refractivity contribution is 5.04. The SMILES string of the molecule is CC.CCCc1cnn(C2CCOCC2)c1. The second kappa shape index (κ2) is 7.44. The Morgan fingerprint density at radius 1 is 1.38 bits per heavy atom. The van der Waals surface area contributed by atoms with E-state index >= 15 is 0 Å². The zero-order valence-electron chi connectivity index (χ0n) is 10.8. The van der Waals surface area contributed by atoms with Gasteiger partial charge in [-0.05, 0) is 24.8 Å². The topological polar surface area (TPSA) is 27.1 Å². The molecule has 2 heterocycles. The number of aromatic nitrogens is 2. The quantitative estimate of drug-likeness (QED) is 0.788. The summed E-state index contributed by atoms with van der Waals surface area (Å²) in [4.78, 5) is 0. The van der Waals surface area contributed by atoms with Gasteiger partial charge >= 0.3 is 0 Å². The van der Waals surface area contributed by atoms with Gasteiger partial charge in [-0.2, -0.15) is 5.10 Å². The average molecular weight is 224 g/mol. The zero-order valence-corrected chi connectivity index (χ0v) is 10.8. The van der Waals surface area contributed by atoms with Gasteiger partial charge in [0.1, 0.15) is 0 Å². The molecule has 0 aliphatic carbocycles. The molecule has 2 rings (SSSR count). The number of ether oxygens (including phenoxy) is 1. The van der Waals surface area contributed by atoms with Crippen molar-refractivity contribution in [3.8, 4) is 0 Å². The van der Waals surface area contributed by atoms with Crippen molar-refractivity contribution in [3.63, 3.8) is 0 Å². The van der Waals surface area contributed by atoms with Gasteiger partial charge in [-0.1, -0.05) is 27.2 Å². The van der Waals surface area contributed by atoms with Gasteiger partial charge in [-0.25, -0.2) is 0 Å². The molecule has 3 heteroatoms. The maximum absolute atomic E-state index is 5.33. The molecule has 0 bridgehead atoms. The van der Waals surface area contributed by atoms with Gasteiger partial charge in [0.2, 0.25) is 0 Å². The molecule has 1 aliphatic rings. The Bertz CT molecular complexity index is 277. The molecule has 1 aromatic heterocycles. The molecular formula is C13H24N2O. The standard InChI is InChI=1S/C11H18N2O.C2H6/c1-2-3-10-8-12-13(9-10)11-4-6-14-7-5-11;1-2/h8-9,11H,2-7H2,1H3;1-2H3. The second-order valence-corrected chi connectivity index (χ2v) is 3.92. The van der Waals surface area contributed by atoms with Crippen molar-refractivity contribution < 1.29 is 4.74 Å². The highest BCUT2D eigenvalue weighted by atomic mass is 16.5. The summed E-state index contributed by atoms with van der Waals surface area (Å²) in [5, 5.41) is 4.42. The highest BCUT2D eigenvalue weighted by Crippen LogP contribution is 2.20. The Balaban J connectivity index is 0.000000606. The first kappa shape index (κ1) is 13.2. The van der Waals surface area contributed by atoms with Crippen LogP contribution in [0.15, 0.2) is 12.4 Å². The number of hydrogen-bond acceptors (Lipinski definition) is 2. The summed E-state index contributed by atoms with van der Waals surface area (Å²) in [6.45, 7) is 7.97. The molecule has 0 spiro atoms. The van der Waals surface area contributed by atoms with Gasteiger partial charge in [0.05, 0.1) is 12.2 Å². The molecule has 92 valence electrons. The Kier molecular flexibility index (Phi) is 6.16. The van der Waals surface area contributed by atoms with Gasteiger partial charge in [0, 0.05) is 19.4 Å². The third kappa shape index (κ3) is 3.63. The van der Waals surface area contributed by atoms with E-state index in [1.165, 1.54) is 12.0 Å². The second-order valence-electron chi connectivity index (χ2n) is 3.92. The third-order valence-corrected chi connectivity index (χ3v) is 2.76. The third-order valence-electron chi connectivity index (χ3n) is 2.76. The van der Waals surface area contributed by atoms with E-state index < -0.39 is 0 Å². The van der Waals surface area contributed by atoms with E-state index in [1.807, 2.05) is 20.0 Å². The van der Waals surface area contributed by atoms with Crippen LogP contribution in [0.4, 0.5) is 0 Å². The van der Waals surface area contributed by atoms with E-state index in [1.54, 1.807) is 0 Å². The molecule has 0 N–H and O–H groups in total. The van der Waals surface area contributed by atoms with Crippen LogP contribution in [0.5, 0.6) is 0 Å². The number of aryl methyl sites for hydroxylation is 1. The lowest BCUT2D eigenvalue weighted by Gasteiger charge is -2.22. The minimum absolute atomic E-state index is 0.564. The van der Waals surface area contributed by atoms with Crippen LogP contribution in [0.1, 0.15) is 51.6 Å². The Labute approximate surface area is 98.8 Å². The summed E-state index contributed by atoms with van der Waals surface area (Å²) < 4.78 is 7.45.